The number of amides is 2. The molecule has 1 aliphatic rings. The van der Waals surface area contributed by atoms with Gasteiger partial charge < -0.3 is 15.4 Å². The van der Waals surface area contributed by atoms with Crippen LogP contribution in [0.15, 0.2) is 54.6 Å². The number of tetrazole rings is 1. The van der Waals surface area contributed by atoms with Crippen molar-refractivity contribution in [1.82, 2.24) is 25.5 Å². The van der Waals surface area contributed by atoms with Gasteiger partial charge in [0.25, 0.3) is 0 Å². The Morgan fingerprint density at radius 3 is 2.64 bits per heavy atom. The second-order valence-electron chi connectivity index (χ2n) is 6.83. The third kappa shape index (κ3) is 4.46. The third-order valence-corrected chi connectivity index (χ3v) is 4.51. The Morgan fingerprint density at radius 2 is 1.93 bits per heavy atom. The summed E-state index contributed by atoms with van der Waals surface area (Å²) in [5, 5.41) is 17.5. The lowest BCUT2D eigenvalue weighted by molar-refractivity contribution is 0.248. The number of nitrogens with one attached hydrogen (secondary N) is 2. The van der Waals surface area contributed by atoms with Gasteiger partial charge in [0.2, 0.25) is 0 Å². The van der Waals surface area contributed by atoms with Crippen molar-refractivity contribution in [2.45, 2.75) is 38.5 Å². The van der Waals surface area contributed by atoms with Crippen LogP contribution in [0.3, 0.4) is 0 Å². The third-order valence-electron chi connectivity index (χ3n) is 4.51. The Labute approximate surface area is 162 Å². The maximum absolute atomic E-state index is 12.3. The summed E-state index contributed by atoms with van der Waals surface area (Å²) in [5.41, 5.74) is 1.78. The number of hydrogen-bond donors (Lipinski definition) is 2. The van der Waals surface area contributed by atoms with E-state index in [4.69, 9.17) is 4.74 Å². The first kappa shape index (κ1) is 18.0. The Kier molecular flexibility index (Phi) is 5.18. The Bertz CT molecular complexity index is 921. The molecule has 1 aromatic heterocycles. The van der Waals surface area contributed by atoms with Crippen molar-refractivity contribution in [3.8, 4) is 5.75 Å². The maximum atomic E-state index is 12.3. The van der Waals surface area contributed by atoms with Crippen molar-refractivity contribution in [3.05, 3.63) is 66.0 Å². The van der Waals surface area contributed by atoms with Crippen molar-refractivity contribution in [2.24, 2.45) is 0 Å². The summed E-state index contributed by atoms with van der Waals surface area (Å²) >= 11 is 0. The first-order valence-corrected chi connectivity index (χ1v) is 9.31. The van der Waals surface area contributed by atoms with Gasteiger partial charge in [-0.1, -0.05) is 30.3 Å². The monoisotopic (exact) mass is 378 g/mol. The summed E-state index contributed by atoms with van der Waals surface area (Å²) in [7, 11) is 0. The minimum Gasteiger partial charge on any atom is -0.489 e. The highest BCUT2D eigenvalue weighted by Crippen LogP contribution is 2.35. The van der Waals surface area contributed by atoms with Crippen LogP contribution in [0.5, 0.6) is 5.75 Å². The van der Waals surface area contributed by atoms with Gasteiger partial charge in [-0.05, 0) is 60.0 Å². The number of carbonyl (C=O) groups excluding carboxylic acids is 1. The minimum absolute atomic E-state index is 0.288. The predicted octanol–water partition coefficient (Wildman–Crippen LogP) is 3.47. The lowest BCUT2D eigenvalue weighted by Crippen LogP contribution is -2.32. The number of hydrogen-bond acceptors (Lipinski definition) is 5. The van der Waals surface area contributed by atoms with Crippen LogP contribution in [0.1, 0.15) is 43.2 Å². The molecule has 0 radical (unpaired) electrons. The Balaban J connectivity index is 1.28. The predicted molar refractivity (Wildman–Crippen MR) is 104 cm³/mol. The van der Waals surface area contributed by atoms with Gasteiger partial charge >= 0.3 is 6.03 Å². The molecule has 144 valence electrons. The highest BCUT2D eigenvalue weighted by atomic mass is 16.5. The molecule has 1 fully saturated rings. The average Bonchev–Trinajstić information content (AvgIpc) is 3.44. The highest BCUT2D eigenvalue weighted by Gasteiger charge is 2.29. The van der Waals surface area contributed by atoms with E-state index in [1.165, 1.54) is 0 Å². The molecule has 2 amide bonds. The fraction of sp³-hybridized carbons (Fsp3) is 0.300. The summed E-state index contributed by atoms with van der Waals surface area (Å²) in [6, 6.07) is 17.0. The van der Waals surface area contributed by atoms with E-state index in [2.05, 4.69) is 26.2 Å². The van der Waals surface area contributed by atoms with Crippen molar-refractivity contribution < 1.29 is 9.53 Å². The summed E-state index contributed by atoms with van der Waals surface area (Å²) in [5.74, 6) is 1.41. The normalized spacial score (nSPS) is 14.3. The van der Waals surface area contributed by atoms with E-state index in [1.54, 1.807) is 16.8 Å². The topological polar surface area (TPSA) is 94.0 Å². The largest absolute Gasteiger partial charge is 0.489 e. The molecule has 8 nitrogen and oxygen atoms in total. The van der Waals surface area contributed by atoms with Crippen LogP contribution in [-0.2, 0) is 6.61 Å². The number of ether oxygens (including phenoxy) is 1. The van der Waals surface area contributed by atoms with Crippen LogP contribution >= 0.6 is 0 Å². The van der Waals surface area contributed by atoms with Gasteiger partial charge in [-0.15, -0.1) is 5.10 Å². The molecule has 1 unspecified atom stereocenters. The fourth-order valence-electron chi connectivity index (χ4n) is 2.87. The van der Waals surface area contributed by atoms with Crippen LogP contribution in [0.25, 0.3) is 0 Å². The van der Waals surface area contributed by atoms with Gasteiger partial charge in [0.1, 0.15) is 12.4 Å². The molecule has 0 aliphatic heterocycles. The van der Waals surface area contributed by atoms with E-state index >= 15 is 0 Å². The molecule has 3 aromatic rings. The van der Waals surface area contributed by atoms with E-state index in [9.17, 15) is 4.79 Å². The van der Waals surface area contributed by atoms with E-state index in [0.717, 1.165) is 24.2 Å². The van der Waals surface area contributed by atoms with Crippen molar-refractivity contribution in [2.75, 3.05) is 5.32 Å². The Morgan fingerprint density at radius 1 is 1.18 bits per heavy atom. The second-order valence-corrected chi connectivity index (χ2v) is 6.83. The lowest BCUT2D eigenvalue weighted by Gasteiger charge is -2.14. The first-order valence-electron chi connectivity index (χ1n) is 9.31. The average molecular weight is 378 g/mol. The standard InChI is InChI=1S/C20H22N6O2/c1-14(19-23-24-25-26(19)17-9-10-17)21-20(27)22-16-7-11-18(12-8-16)28-13-15-5-3-2-4-6-15/h2-8,11-12,14,17H,9-10,13H2,1H3,(H2,21,22,27). The van der Waals surface area contributed by atoms with Gasteiger partial charge in [-0.3, -0.25) is 0 Å². The molecule has 2 N–H and O–H groups in total. The minimum atomic E-state index is -0.309. The molecule has 1 saturated carbocycles. The van der Waals surface area contributed by atoms with E-state index < -0.39 is 0 Å². The van der Waals surface area contributed by atoms with Crippen LogP contribution in [0, 0.1) is 0 Å². The number of benzene rings is 2. The molecular weight excluding hydrogens is 356 g/mol. The first-order chi connectivity index (χ1) is 13.7. The van der Waals surface area contributed by atoms with Gasteiger partial charge in [-0.25, -0.2) is 9.48 Å². The van der Waals surface area contributed by atoms with Crippen molar-refractivity contribution >= 4 is 11.7 Å². The smallest absolute Gasteiger partial charge is 0.319 e. The van der Waals surface area contributed by atoms with Gasteiger partial charge in [-0.2, -0.15) is 0 Å². The van der Waals surface area contributed by atoms with Gasteiger partial charge in [0, 0.05) is 5.69 Å². The molecule has 0 spiro atoms. The molecule has 1 heterocycles. The molecule has 1 aliphatic carbocycles. The van der Waals surface area contributed by atoms with E-state index in [0.29, 0.717) is 24.2 Å². The van der Waals surface area contributed by atoms with E-state index in [-0.39, 0.29) is 12.1 Å². The van der Waals surface area contributed by atoms with Crippen LogP contribution in [-0.4, -0.2) is 26.2 Å². The zero-order valence-electron chi connectivity index (χ0n) is 15.6. The number of nitrogens with zero attached hydrogens (tertiary/aromatic N) is 4. The van der Waals surface area contributed by atoms with Crippen LogP contribution in [0.4, 0.5) is 10.5 Å². The number of rotatable bonds is 7. The van der Waals surface area contributed by atoms with Crippen LogP contribution in [0.2, 0.25) is 0 Å². The van der Waals surface area contributed by atoms with Gasteiger partial charge in [0.15, 0.2) is 5.82 Å². The summed E-state index contributed by atoms with van der Waals surface area (Å²) in [6.07, 6.45) is 2.16. The summed E-state index contributed by atoms with van der Waals surface area (Å²) in [6.45, 7) is 2.37. The number of anilines is 1. The molecule has 1 atom stereocenters. The summed E-state index contributed by atoms with van der Waals surface area (Å²) in [4.78, 5) is 12.3. The highest BCUT2D eigenvalue weighted by molar-refractivity contribution is 5.89. The number of carbonyl (C=O) groups is 1. The van der Waals surface area contributed by atoms with E-state index in [1.807, 2.05) is 49.4 Å². The van der Waals surface area contributed by atoms with Crippen LogP contribution < -0.4 is 15.4 Å². The zero-order valence-corrected chi connectivity index (χ0v) is 15.6. The SMILES string of the molecule is CC(NC(=O)Nc1ccc(OCc2ccccc2)cc1)c1nnnn1C1CC1. The molecule has 0 bridgehead atoms. The molecule has 2 aromatic carbocycles. The Hall–Kier alpha value is -3.42. The van der Waals surface area contributed by atoms with Crippen molar-refractivity contribution in [3.63, 3.8) is 0 Å². The molecule has 8 heteroatoms. The number of urea groups is 1. The maximum Gasteiger partial charge on any atom is 0.319 e. The second kappa shape index (κ2) is 8.08. The molecular formula is C20H22N6O2. The number of aromatic nitrogens is 4. The van der Waals surface area contributed by atoms with Crippen molar-refractivity contribution in [1.29, 1.82) is 0 Å². The quantitative estimate of drug-likeness (QED) is 0.656. The lowest BCUT2D eigenvalue weighted by atomic mass is 10.2. The summed E-state index contributed by atoms with van der Waals surface area (Å²) < 4.78 is 7.55. The zero-order chi connectivity index (χ0) is 19.3. The molecule has 4 rings (SSSR count). The molecule has 0 saturated heterocycles. The fourth-order valence-corrected chi connectivity index (χ4v) is 2.87. The van der Waals surface area contributed by atoms with Gasteiger partial charge in [0.05, 0.1) is 12.1 Å². The molecule has 28 heavy (non-hydrogen) atoms.